The Morgan fingerprint density at radius 1 is 1.16 bits per heavy atom. The first-order valence-electron chi connectivity index (χ1n) is 14.3. The summed E-state index contributed by atoms with van der Waals surface area (Å²) in [5.41, 5.74) is -2.65. The van der Waals surface area contributed by atoms with Crippen LogP contribution in [0.1, 0.15) is 52.0 Å². The van der Waals surface area contributed by atoms with Crippen molar-refractivity contribution < 1.29 is 24.2 Å². The van der Waals surface area contributed by atoms with Gasteiger partial charge in [0.25, 0.3) is 0 Å². The smallest absolute Gasteiger partial charge is 0.311 e. The van der Waals surface area contributed by atoms with E-state index in [2.05, 4.69) is 17.0 Å². The number of likely N-dealkylation sites (tertiary alicyclic amines) is 1. The third-order valence-electron chi connectivity index (χ3n) is 11.7. The van der Waals surface area contributed by atoms with Crippen LogP contribution < -0.4 is 0 Å². The Balaban J connectivity index is 1.30. The third kappa shape index (κ3) is 3.22. The summed E-state index contributed by atoms with van der Waals surface area (Å²) in [4.78, 5) is 27.7. The highest BCUT2D eigenvalue weighted by molar-refractivity contribution is 6.01. The van der Waals surface area contributed by atoms with E-state index in [1.54, 1.807) is 12.2 Å². The van der Waals surface area contributed by atoms with Crippen LogP contribution in [0.2, 0.25) is 0 Å². The number of carboxylic acid groups (broad SMARTS) is 1. The summed E-state index contributed by atoms with van der Waals surface area (Å²) in [5.74, 6) is -1.59. The molecule has 0 bridgehead atoms. The number of hydrogen-bond acceptors (Lipinski definition) is 4. The molecule has 1 saturated heterocycles. The minimum Gasteiger partial charge on any atom is -0.481 e. The van der Waals surface area contributed by atoms with Gasteiger partial charge in [0.2, 0.25) is 0 Å². The highest BCUT2D eigenvalue weighted by Gasteiger charge is 2.78. The van der Waals surface area contributed by atoms with Crippen LogP contribution >= 0.6 is 0 Å². The molecule has 0 spiro atoms. The quantitative estimate of drug-likeness (QED) is 0.579. The Bertz CT molecular complexity index is 1210. The number of benzene rings is 1. The number of carbonyl (C=O) groups excluding carboxylic acids is 1. The van der Waals surface area contributed by atoms with Crippen LogP contribution in [0.15, 0.2) is 54.1 Å². The number of nitrogens with zero attached hydrogens (tertiary/aromatic N) is 1. The Kier molecular flexibility index (Phi) is 5.87. The zero-order valence-corrected chi connectivity index (χ0v) is 22.7. The van der Waals surface area contributed by atoms with Gasteiger partial charge in [0.1, 0.15) is 0 Å². The van der Waals surface area contributed by atoms with E-state index in [0.29, 0.717) is 25.9 Å². The maximum Gasteiger partial charge on any atom is 0.311 e. The predicted molar refractivity (Wildman–Crippen MR) is 143 cm³/mol. The number of carbonyl (C=O) groups is 2. The minimum atomic E-state index is -1.93. The molecule has 4 aliphatic carbocycles. The van der Waals surface area contributed by atoms with Gasteiger partial charge in [-0.2, -0.15) is 0 Å². The van der Waals surface area contributed by atoms with Gasteiger partial charge in [-0.05, 0) is 86.5 Å². The minimum absolute atomic E-state index is 0.00645. The lowest BCUT2D eigenvalue weighted by molar-refractivity contribution is -0.214. The van der Waals surface area contributed by atoms with Crippen molar-refractivity contribution in [2.45, 2.75) is 64.6 Å². The molecule has 38 heavy (non-hydrogen) atoms. The van der Waals surface area contributed by atoms with Gasteiger partial charge in [-0.25, -0.2) is 4.39 Å². The zero-order valence-electron chi connectivity index (χ0n) is 22.7. The molecular formula is C32H40FNO4. The molecule has 0 radical (unpaired) electrons. The molecule has 1 aromatic rings. The molecule has 5 nitrogen and oxygen atoms in total. The lowest BCUT2D eigenvalue weighted by Gasteiger charge is -2.64. The maximum atomic E-state index is 17.5. The number of alkyl halides is 1. The summed E-state index contributed by atoms with van der Waals surface area (Å²) < 4.78 is 17.5. The van der Waals surface area contributed by atoms with Crippen molar-refractivity contribution in [3.63, 3.8) is 0 Å². The number of hydrogen-bond donors (Lipinski definition) is 2. The number of carboxylic acids is 1. The van der Waals surface area contributed by atoms with Crippen LogP contribution in [-0.4, -0.2) is 58.3 Å². The number of aryl methyl sites for hydroxylation is 1. The molecule has 0 amide bonds. The van der Waals surface area contributed by atoms with E-state index in [4.69, 9.17) is 0 Å². The molecule has 4 fully saturated rings. The number of fused-ring (bicyclic) bond motifs is 7. The standard InChI is InChI=1S/C32H40FNO4/c1-20-14-26-25-15-22-18-34(13-7-10-21-8-5-4-6-9-21)19-31(22,28(37)38)30(25,3)17-27(36)32(26,33)29(2)12-11-23(35)16-24(20)29/h4-6,8-9,11-12,16,20,22,25-27,36H,7,10,13-15,17-19H2,1-3H3,(H,37,38). The molecule has 1 heterocycles. The van der Waals surface area contributed by atoms with Crippen molar-refractivity contribution in [1.29, 1.82) is 0 Å². The highest BCUT2D eigenvalue weighted by Crippen LogP contribution is 2.74. The molecule has 0 aromatic heterocycles. The van der Waals surface area contributed by atoms with E-state index < -0.39 is 39.9 Å². The summed E-state index contributed by atoms with van der Waals surface area (Å²) in [6.45, 7) is 7.91. The SMILES string of the molecule is CC1CC2C3CC4CN(CCCc5ccccc5)CC4(C(=O)O)C3(C)CC(O)C2(F)C2(C)C=CC(=O)C=C12. The van der Waals surface area contributed by atoms with E-state index in [0.717, 1.165) is 25.0 Å². The number of aliphatic carboxylic acids is 1. The molecule has 2 N–H and O–H groups in total. The van der Waals surface area contributed by atoms with Gasteiger partial charge >= 0.3 is 5.97 Å². The summed E-state index contributed by atoms with van der Waals surface area (Å²) in [6, 6.07) is 10.3. The number of aliphatic hydroxyl groups excluding tert-OH is 1. The molecule has 5 aliphatic rings. The van der Waals surface area contributed by atoms with E-state index in [-0.39, 0.29) is 30.0 Å². The first-order chi connectivity index (χ1) is 18.0. The number of aliphatic hydroxyl groups is 1. The second kappa shape index (κ2) is 8.59. The lowest BCUT2D eigenvalue weighted by Crippen LogP contribution is -2.69. The average Bonchev–Trinajstić information content (AvgIpc) is 3.36. The van der Waals surface area contributed by atoms with Crippen LogP contribution in [0.4, 0.5) is 4.39 Å². The van der Waals surface area contributed by atoms with Gasteiger partial charge in [-0.1, -0.05) is 55.8 Å². The monoisotopic (exact) mass is 521 g/mol. The second-order valence-electron chi connectivity index (χ2n) is 13.3. The zero-order chi connectivity index (χ0) is 27.1. The summed E-state index contributed by atoms with van der Waals surface area (Å²) >= 11 is 0. The Morgan fingerprint density at radius 2 is 1.89 bits per heavy atom. The first kappa shape index (κ1) is 25.9. The predicted octanol–water partition coefficient (Wildman–Crippen LogP) is 4.85. The topological polar surface area (TPSA) is 77.8 Å². The van der Waals surface area contributed by atoms with Crippen LogP contribution in [-0.2, 0) is 16.0 Å². The van der Waals surface area contributed by atoms with E-state index in [1.165, 1.54) is 11.6 Å². The van der Waals surface area contributed by atoms with Crippen LogP contribution in [0.5, 0.6) is 0 Å². The first-order valence-corrected chi connectivity index (χ1v) is 14.3. The Morgan fingerprint density at radius 3 is 2.61 bits per heavy atom. The largest absolute Gasteiger partial charge is 0.481 e. The van der Waals surface area contributed by atoms with E-state index >= 15 is 4.39 Å². The van der Waals surface area contributed by atoms with Crippen molar-refractivity contribution in [2.75, 3.05) is 19.6 Å². The fraction of sp³-hybridized carbons (Fsp3) is 0.625. The van der Waals surface area contributed by atoms with Crippen molar-refractivity contribution in [2.24, 2.45) is 39.9 Å². The average molecular weight is 522 g/mol. The summed E-state index contributed by atoms with van der Waals surface area (Å²) in [7, 11) is 0. The summed E-state index contributed by atoms with van der Waals surface area (Å²) in [6.07, 6.45) is 6.63. The van der Waals surface area contributed by atoms with Gasteiger partial charge in [-0.3, -0.25) is 9.59 Å². The third-order valence-corrected chi connectivity index (χ3v) is 11.7. The van der Waals surface area contributed by atoms with Gasteiger partial charge in [0, 0.05) is 24.4 Å². The number of ketones is 1. The fourth-order valence-electron chi connectivity index (χ4n) is 9.95. The fourth-order valence-corrected chi connectivity index (χ4v) is 9.95. The van der Waals surface area contributed by atoms with Gasteiger partial charge in [0.15, 0.2) is 11.5 Å². The van der Waals surface area contributed by atoms with Crippen molar-refractivity contribution in [3.05, 3.63) is 59.7 Å². The molecule has 1 aromatic carbocycles. The maximum absolute atomic E-state index is 17.5. The van der Waals surface area contributed by atoms with Crippen LogP contribution in [0, 0.1) is 39.9 Å². The molecule has 3 saturated carbocycles. The normalized spacial score (nSPS) is 45.7. The second-order valence-corrected chi connectivity index (χ2v) is 13.3. The summed E-state index contributed by atoms with van der Waals surface area (Å²) in [5, 5.41) is 22.5. The lowest BCUT2D eigenvalue weighted by atomic mass is 9.42. The van der Waals surface area contributed by atoms with E-state index in [9.17, 15) is 19.8 Å². The number of allylic oxidation sites excluding steroid dienone is 4. The van der Waals surface area contributed by atoms with Crippen LogP contribution in [0.3, 0.4) is 0 Å². The molecule has 6 heteroatoms. The van der Waals surface area contributed by atoms with Crippen molar-refractivity contribution >= 4 is 11.8 Å². The van der Waals surface area contributed by atoms with Gasteiger partial charge in [0.05, 0.1) is 11.5 Å². The molecule has 9 unspecified atom stereocenters. The van der Waals surface area contributed by atoms with E-state index in [1.807, 2.05) is 39.0 Å². The number of rotatable bonds is 5. The molecule has 6 rings (SSSR count). The van der Waals surface area contributed by atoms with Crippen molar-refractivity contribution in [3.8, 4) is 0 Å². The van der Waals surface area contributed by atoms with Gasteiger partial charge < -0.3 is 15.1 Å². The number of halogens is 1. The molecule has 204 valence electrons. The Hall–Kier alpha value is -2.31. The Labute approximate surface area is 224 Å². The van der Waals surface area contributed by atoms with Crippen LogP contribution in [0.25, 0.3) is 0 Å². The van der Waals surface area contributed by atoms with Gasteiger partial charge in [-0.15, -0.1) is 0 Å². The molecular weight excluding hydrogens is 481 g/mol. The molecule has 1 aliphatic heterocycles. The highest BCUT2D eigenvalue weighted by atomic mass is 19.1. The molecule has 9 atom stereocenters. The van der Waals surface area contributed by atoms with Crippen molar-refractivity contribution in [1.82, 2.24) is 4.90 Å².